The first-order chi connectivity index (χ1) is 6.90. The fourth-order valence-electron chi connectivity index (χ4n) is 2.08. The van der Waals surface area contributed by atoms with Crippen molar-refractivity contribution in [1.82, 2.24) is 10.3 Å². The molecule has 2 rings (SSSR count). The highest BCUT2D eigenvalue weighted by atomic mass is 32.1. The van der Waals surface area contributed by atoms with Crippen LogP contribution in [0.2, 0.25) is 0 Å². The van der Waals surface area contributed by atoms with Gasteiger partial charge in [0.05, 0.1) is 11.2 Å². The monoisotopic (exact) mass is 212 g/mol. The smallest absolute Gasteiger partial charge is 0.0795 e. The van der Waals surface area contributed by atoms with E-state index >= 15 is 0 Å². The summed E-state index contributed by atoms with van der Waals surface area (Å²) in [7, 11) is 0. The lowest BCUT2D eigenvalue weighted by Crippen LogP contribution is -2.33. The Labute approximate surface area is 88.2 Å². The summed E-state index contributed by atoms with van der Waals surface area (Å²) in [6.07, 6.45) is 3.58. The van der Waals surface area contributed by atoms with Crippen LogP contribution in [0, 0.1) is 5.92 Å². The Morgan fingerprint density at radius 1 is 1.57 bits per heavy atom. The van der Waals surface area contributed by atoms with E-state index in [4.69, 9.17) is 5.11 Å². The molecule has 1 heterocycles. The van der Waals surface area contributed by atoms with Crippen LogP contribution >= 0.6 is 11.3 Å². The molecule has 14 heavy (non-hydrogen) atoms. The third kappa shape index (κ3) is 2.32. The molecule has 0 bridgehead atoms. The zero-order chi connectivity index (χ0) is 9.80. The Bertz CT molecular complexity index is 263. The maximum atomic E-state index is 9.14. The quantitative estimate of drug-likeness (QED) is 0.793. The van der Waals surface area contributed by atoms with E-state index in [1.807, 2.05) is 5.51 Å². The maximum absolute atomic E-state index is 9.14. The summed E-state index contributed by atoms with van der Waals surface area (Å²) >= 11 is 1.63. The van der Waals surface area contributed by atoms with Crippen LogP contribution in [-0.4, -0.2) is 22.7 Å². The Kier molecular flexibility index (Phi) is 3.50. The number of hydrogen-bond acceptors (Lipinski definition) is 4. The molecule has 1 saturated carbocycles. The molecule has 2 N–H and O–H groups in total. The third-order valence-electron chi connectivity index (χ3n) is 2.92. The van der Waals surface area contributed by atoms with Crippen LogP contribution in [0.25, 0.3) is 0 Å². The Morgan fingerprint density at radius 2 is 2.50 bits per heavy atom. The first kappa shape index (κ1) is 10.1. The number of aromatic nitrogens is 1. The summed E-state index contributed by atoms with van der Waals surface area (Å²) in [6, 6.07) is 0.488. The van der Waals surface area contributed by atoms with Gasteiger partial charge in [-0.3, -0.25) is 0 Å². The molecular formula is C10H16N2OS. The van der Waals surface area contributed by atoms with Crippen LogP contribution < -0.4 is 5.32 Å². The van der Waals surface area contributed by atoms with Gasteiger partial charge in [0, 0.05) is 24.6 Å². The molecule has 1 aromatic heterocycles. The molecule has 2 atom stereocenters. The second-order valence-corrected chi connectivity index (χ2v) is 4.56. The molecule has 2 unspecified atom stereocenters. The molecule has 1 aliphatic carbocycles. The fourth-order valence-corrected chi connectivity index (χ4v) is 2.64. The van der Waals surface area contributed by atoms with E-state index in [1.54, 1.807) is 11.3 Å². The minimum Gasteiger partial charge on any atom is -0.396 e. The van der Waals surface area contributed by atoms with Gasteiger partial charge in [-0.25, -0.2) is 4.98 Å². The molecule has 1 fully saturated rings. The van der Waals surface area contributed by atoms with Gasteiger partial charge in [0.25, 0.3) is 0 Å². The summed E-state index contributed by atoms with van der Waals surface area (Å²) in [4.78, 5) is 4.22. The standard InChI is InChI=1S/C10H16N2OS/c13-5-8-2-1-3-10(8)11-4-9-6-14-7-12-9/h6-8,10-11,13H,1-5H2. The Morgan fingerprint density at radius 3 is 3.21 bits per heavy atom. The molecule has 0 amide bonds. The predicted molar refractivity (Wildman–Crippen MR) is 57.2 cm³/mol. The molecule has 0 radical (unpaired) electrons. The molecule has 0 aromatic carbocycles. The van der Waals surface area contributed by atoms with Crippen molar-refractivity contribution in [2.75, 3.05) is 6.61 Å². The first-order valence-electron chi connectivity index (χ1n) is 5.11. The lowest BCUT2D eigenvalue weighted by atomic mass is 10.1. The Balaban J connectivity index is 1.80. The highest BCUT2D eigenvalue weighted by Crippen LogP contribution is 2.25. The zero-order valence-electron chi connectivity index (χ0n) is 8.15. The number of aliphatic hydroxyl groups excluding tert-OH is 1. The van der Waals surface area contributed by atoms with E-state index in [0.717, 1.165) is 18.7 Å². The van der Waals surface area contributed by atoms with Crippen molar-refractivity contribution in [3.8, 4) is 0 Å². The molecule has 78 valence electrons. The van der Waals surface area contributed by atoms with Gasteiger partial charge in [0.15, 0.2) is 0 Å². The van der Waals surface area contributed by atoms with Crippen molar-refractivity contribution in [1.29, 1.82) is 0 Å². The summed E-state index contributed by atoms with van der Waals surface area (Å²) in [5, 5.41) is 14.7. The largest absolute Gasteiger partial charge is 0.396 e. The van der Waals surface area contributed by atoms with E-state index < -0.39 is 0 Å². The van der Waals surface area contributed by atoms with Crippen LogP contribution in [0.3, 0.4) is 0 Å². The highest BCUT2D eigenvalue weighted by Gasteiger charge is 2.25. The van der Waals surface area contributed by atoms with Gasteiger partial charge in [-0.1, -0.05) is 6.42 Å². The summed E-state index contributed by atoms with van der Waals surface area (Å²) in [5.41, 5.74) is 2.97. The topological polar surface area (TPSA) is 45.1 Å². The molecule has 0 spiro atoms. The van der Waals surface area contributed by atoms with Crippen molar-refractivity contribution in [2.45, 2.75) is 31.8 Å². The molecule has 0 saturated heterocycles. The van der Waals surface area contributed by atoms with Gasteiger partial charge in [0.1, 0.15) is 0 Å². The highest BCUT2D eigenvalue weighted by molar-refractivity contribution is 7.07. The molecule has 4 heteroatoms. The van der Waals surface area contributed by atoms with Crippen molar-refractivity contribution >= 4 is 11.3 Å². The van der Waals surface area contributed by atoms with Crippen LogP contribution in [-0.2, 0) is 6.54 Å². The van der Waals surface area contributed by atoms with Gasteiger partial charge in [0.2, 0.25) is 0 Å². The number of thiazole rings is 1. The van der Waals surface area contributed by atoms with E-state index in [-0.39, 0.29) is 0 Å². The SMILES string of the molecule is OCC1CCCC1NCc1cscn1. The van der Waals surface area contributed by atoms with E-state index in [1.165, 1.54) is 12.8 Å². The normalized spacial score (nSPS) is 26.9. The first-order valence-corrected chi connectivity index (χ1v) is 6.05. The third-order valence-corrected chi connectivity index (χ3v) is 3.56. The van der Waals surface area contributed by atoms with Crippen LogP contribution in [0.4, 0.5) is 0 Å². The average molecular weight is 212 g/mol. The van der Waals surface area contributed by atoms with Crippen molar-refractivity contribution < 1.29 is 5.11 Å². The number of nitrogens with zero attached hydrogens (tertiary/aromatic N) is 1. The summed E-state index contributed by atoms with van der Waals surface area (Å²) in [6.45, 7) is 1.15. The molecular weight excluding hydrogens is 196 g/mol. The predicted octanol–water partition coefficient (Wildman–Crippen LogP) is 1.39. The van der Waals surface area contributed by atoms with Gasteiger partial charge >= 0.3 is 0 Å². The number of aliphatic hydroxyl groups is 1. The molecule has 3 nitrogen and oxygen atoms in total. The summed E-state index contributed by atoms with van der Waals surface area (Å²) in [5.74, 6) is 0.452. The number of hydrogen-bond donors (Lipinski definition) is 2. The molecule has 1 aromatic rings. The van der Waals surface area contributed by atoms with Crippen molar-refractivity contribution in [3.63, 3.8) is 0 Å². The van der Waals surface area contributed by atoms with Gasteiger partial charge in [-0.15, -0.1) is 11.3 Å². The number of nitrogens with one attached hydrogen (secondary N) is 1. The second kappa shape index (κ2) is 4.87. The maximum Gasteiger partial charge on any atom is 0.0795 e. The van der Waals surface area contributed by atoms with E-state index in [0.29, 0.717) is 18.6 Å². The summed E-state index contributed by atoms with van der Waals surface area (Å²) < 4.78 is 0. The van der Waals surface area contributed by atoms with Crippen LogP contribution in [0.1, 0.15) is 25.0 Å². The fraction of sp³-hybridized carbons (Fsp3) is 0.700. The van der Waals surface area contributed by atoms with Crippen molar-refractivity contribution in [2.24, 2.45) is 5.92 Å². The zero-order valence-corrected chi connectivity index (χ0v) is 8.96. The van der Waals surface area contributed by atoms with Gasteiger partial charge in [-0.2, -0.15) is 0 Å². The van der Waals surface area contributed by atoms with Gasteiger partial charge < -0.3 is 10.4 Å². The van der Waals surface area contributed by atoms with E-state index in [9.17, 15) is 0 Å². The average Bonchev–Trinajstić information content (AvgIpc) is 2.85. The number of rotatable bonds is 4. The van der Waals surface area contributed by atoms with Gasteiger partial charge in [-0.05, 0) is 18.8 Å². The van der Waals surface area contributed by atoms with Crippen LogP contribution in [0.5, 0.6) is 0 Å². The minimum atomic E-state index is 0.314. The van der Waals surface area contributed by atoms with Crippen molar-refractivity contribution in [3.05, 3.63) is 16.6 Å². The minimum absolute atomic E-state index is 0.314. The molecule has 0 aliphatic heterocycles. The van der Waals surface area contributed by atoms with E-state index in [2.05, 4.69) is 15.7 Å². The lowest BCUT2D eigenvalue weighted by Gasteiger charge is -2.18. The van der Waals surface area contributed by atoms with Crippen LogP contribution in [0.15, 0.2) is 10.9 Å². The Hall–Kier alpha value is -0.450. The molecule has 1 aliphatic rings. The lowest BCUT2D eigenvalue weighted by molar-refractivity contribution is 0.205. The second-order valence-electron chi connectivity index (χ2n) is 3.84.